The Morgan fingerprint density at radius 3 is 1.86 bits per heavy atom. The number of hydrogen-bond donors (Lipinski definition) is 0. The molecule has 0 aliphatic rings. The molecule has 0 atom stereocenters. The van der Waals surface area contributed by atoms with Gasteiger partial charge in [0.05, 0.1) is 0 Å². The molecule has 0 aromatic heterocycles. The average molecular weight is 97.1 g/mol. The van der Waals surface area contributed by atoms with Gasteiger partial charge in [0.2, 0.25) is 0 Å². The molecule has 0 rings (SSSR count). The maximum Gasteiger partial charge on any atom is 0.125 e. The van der Waals surface area contributed by atoms with Crippen LogP contribution < -0.4 is 0 Å². The van der Waals surface area contributed by atoms with Crippen LogP contribution in [0.3, 0.4) is 0 Å². The van der Waals surface area contributed by atoms with Crippen molar-refractivity contribution in [1.82, 2.24) is 0 Å². The predicted octanol–water partition coefficient (Wildman–Crippen LogP) is 1.35. The van der Waals surface area contributed by atoms with Gasteiger partial charge in [-0.25, -0.2) is 0 Å². The molecule has 0 heterocycles. The Morgan fingerprint density at radius 2 is 1.86 bits per heavy atom. The molecule has 0 aliphatic carbocycles. The molecule has 1 radical (unpaired) electrons. The predicted molar refractivity (Wildman–Crippen MR) is 28.0 cm³/mol. The highest BCUT2D eigenvalue weighted by Crippen LogP contribution is 2.03. The van der Waals surface area contributed by atoms with Crippen molar-refractivity contribution < 1.29 is 4.74 Å². The van der Waals surface area contributed by atoms with Crippen LogP contribution in [0.15, 0.2) is 0 Å². The summed E-state index contributed by atoms with van der Waals surface area (Å²) in [6, 6.07) is 0. The van der Waals surface area contributed by atoms with Crippen molar-refractivity contribution in [3.05, 3.63) is 6.42 Å². The van der Waals surface area contributed by atoms with Gasteiger partial charge < -0.3 is 4.74 Å². The molecule has 0 amide bonds. The Labute approximate surface area is 44.7 Å². The first-order valence-corrected chi connectivity index (χ1v) is 2.16. The van der Waals surface area contributed by atoms with Crippen LogP contribution >= 0.6 is 0 Å². The van der Waals surface area contributed by atoms with E-state index in [9.17, 15) is 0 Å². The summed E-state index contributed by atoms with van der Waals surface area (Å²) in [5.74, 6) is 0. The van der Waals surface area contributed by atoms with E-state index in [1.165, 1.54) is 0 Å². The van der Waals surface area contributed by atoms with Crippen LogP contribution in [-0.4, -0.2) is 5.60 Å². The lowest BCUT2D eigenvalue weighted by Gasteiger charge is -2.13. The Balaban J connectivity index is 3.40. The molecule has 39 valence electrons. The van der Waals surface area contributed by atoms with E-state index in [1.807, 2.05) is 26.9 Å². The zero-order valence-corrected chi connectivity index (χ0v) is 4.91. The van der Waals surface area contributed by atoms with Crippen molar-refractivity contribution in [2.75, 3.05) is 0 Å². The minimum atomic E-state index is -0.248. The van der Waals surface area contributed by atoms with Gasteiger partial charge in [0.15, 0.2) is 0 Å². The minimum Gasteiger partial charge on any atom is -0.440 e. The maximum absolute atomic E-state index is 6.39. The highest BCUT2D eigenvalue weighted by Gasteiger charge is 2.07. The zero-order valence-electron chi connectivity index (χ0n) is 4.91. The van der Waals surface area contributed by atoms with Crippen LogP contribution in [0.1, 0.15) is 20.8 Å². The number of hydrogen-bond acceptors (Lipinski definition) is 1. The second-order valence-corrected chi connectivity index (χ2v) is 2.32. The number of rotatable bonds is 0. The third kappa shape index (κ3) is 5.36. The molecule has 7 heavy (non-hydrogen) atoms. The third-order valence-corrected chi connectivity index (χ3v) is 0.357. The van der Waals surface area contributed by atoms with Crippen LogP contribution in [0, 0.1) is 12.5 Å². The SMILES string of the molecule is [C]#COC(C)(C)C. The minimum absolute atomic E-state index is 0.248. The molecule has 0 aromatic rings. The largest absolute Gasteiger partial charge is 0.440 e. The fraction of sp³-hybridized carbons (Fsp3) is 0.667. The van der Waals surface area contributed by atoms with Gasteiger partial charge >= 0.3 is 0 Å². The van der Waals surface area contributed by atoms with Crippen molar-refractivity contribution in [1.29, 1.82) is 0 Å². The summed E-state index contributed by atoms with van der Waals surface area (Å²) in [4.78, 5) is 0. The van der Waals surface area contributed by atoms with E-state index in [2.05, 4.69) is 4.74 Å². The van der Waals surface area contributed by atoms with Crippen LogP contribution in [0.5, 0.6) is 0 Å². The van der Waals surface area contributed by atoms with Crippen molar-refractivity contribution in [3.63, 3.8) is 0 Å². The fourth-order valence-corrected chi connectivity index (χ4v) is 0.153. The monoisotopic (exact) mass is 97.1 g/mol. The molecule has 0 aromatic carbocycles. The van der Waals surface area contributed by atoms with Gasteiger partial charge in [0, 0.05) is 6.42 Å². The van der Waals surface area contributed by atoms with E-state index >= 15 is 0 Å². The Morgan fingerprint density at radius 1 is 1.43 bits per heavy atom. The topological polar surface area (TPSA) is 9.23 Å². The molecule has 0 bridgehead atoms. The molecule has 0 spiro atoms. The standard InChI is InChI=1S/C6H9O/c1-5-7-6(2,3)4/h2-4H3. The second kappa shape index (κ2) is 1.88. The van der Waals surface area contributed by atoms with Gasteiger partial charge in [-0.2, -0.15) is 0 Å². The second-order valence-electron chi connectivity index (χ2n) is 2.32. The van der Waals surface area contributed by atoms with E-state index in [0.29, 0.717) is 0 Å². The van der Waals surface area contributed by atoms with Crippen molar-refractivity contribution in [3.8, 4) is 6.11 Å². The van der Waals surface area contributed by atoms with Gasteiger partial charge in [-0.3, -0.25) is 0 Å². The third-order valence-electron chi connectivity index (χ3n) is 0.357. The summed E-state index contributed by atoms with van der Waals surface area (Å²) >= 11 is 0. The van der Waals surface area contributed by atoms with E-state index < -0.39 is 0 Å². The summed E-state index contributed by atoms with van der Waals surface area (Å²) < 4.78 is 4.65. The smallest absolute Gasteiger partial charge is 0.125 e. The van der Waals surface area contributed by atoms with Crippen molar-refractivity contribution in [2.45, 2.75) is 26.4 Å². The molecule has 1 heteroatoms. The summed E-state index contributed by atoms with van der Waals surface area (Å²) in [6.45, 7) is 5.61. The van der Waals surface area contributed by atoms with Crippen LogP contribution in [0.2, 0.25) is 0 Å². The van der Waals surface area contributed by atoms with Crippen LogP contribution in [-0.2, 0) is 4.74 Å². The first kappa shape index (κ1) is 6.36. The molecule has 0 unspecified atom stereocenters. The zero-order chi connectivity index (χ0) is 5.91. The Bertz CT molecular complexity index is 81.3. The quantitative estimate of drug-likeness (QED) is 0.414. The van der Waals surface area contributed by atoms with Crippen molar-refractivity contribution in [2.24, 2.45) is 0 Å². The van der Waals surface area contributed by atoms with E-state index in [0.717, 1.165) is 0 Å². The maximum atomic E-state index is 6.39. The molecule has 0 N–H and O–H groups in total. The highest BCUT2D eigenvalue weighted by molar-refractivity contribution is 4.68. The highest BCUT2D eigenvalue weighted by atomic mass is 16.5. The number of ether oxygens (including phenoxy) is 1. The van der Waals surface area contributed by atoms with Crippen LogP contribution in [0.25, 0.3) is 0 Å². The van der Waals surface area contributed by atoms with Gasteiger partial charge in [-0.1, -0.05) is 0 Å². The van der Waals surface area contributed by atoms with E-state index in [-0.39, 0.29) is 5.60 Å². The van der Waals surface area contributed by atoms with Crippen molar-refractivity contribution >= 4 is 0 Å². The lowest BCUT2D eigenvalue weighted by Crippen LogP contribution is -2.15. The lowest BCUT2D eigenvalue weighted by molar-refractivity contribution is 0.0960. The van der Waals surface area contributed by atoms with Crippen LogP contribution in [0.4, 0.5) is 0 Å². The van der Waals surface area contributed by atoms with Gasteiger partial charge in [0.1, 0.15) is 11.7 Å². The Kier molecular flexibility index (Phi) is 1.71. The molecule has 0 fully saturated rings. The summed E-state index contributed by atoms with van der Waals surface area (Å²) in [7, 11) is 0. The lowest BCUT2D eigenvalue weighted by atomic mass is 10.2. The fourth-order valence-electron chi connectivity index (χ4n) is 0.153. The summed E-state index contributed by atoms with van der Waals surface area (Å²) in [5.41, 5.74) is -0.248. The Hall–Kier alpha value is -0.640. The molecule has 0 saturated heterocycles. The first-order chi connectivity index (χ1) is 3.06. The van der Waals surface area contributed by atoms with Gasteiger partial charge in [-0.15, -0.1) is 0 Å². The molecule has 0 aliphatic heterocycles. The van der Waals surface area contributed by atoms with Gasteiger partial charge in [0.25, 0.3) is 0 Å². The molecule has 0 saturated carbocycles. The average Bonchev–Trinajstić information content (AvgIpc) is 1.30. The first-order valence-electron chi connectivity index (χ1n) is 2.16. The molecular weight excluding hydrogens is 88.1 g/mol. The summed E-state index contributed by atoms with van der Waals surface area (Å²) in [6.07, 6.45) is 8.24. The van der Waals surface area contributed by atoms with E-state index in [4.69, 9.17) is 6.42 Å². The molecule has 1 nitrogen and oxygen atoms in total. The summed E-state index contributed by atoms with van der Waals surface area (Å²) in [5, 5.41) is 0. The van der Waals surface area contributed by atoms with Gasteiger partial charge in [-0.05, 0) is 20.8 Å². The van der Waals surface area contributed by atoms with E-state index in [1.54, 1.807) is 0 Å². The molecular formula is C6H9O. The normalized spacial score (nSPS) is 10.0.